The second-order valence-corrected chi connectivity index (χ2v) is 8.68. The number of phenolic OH excluding ortho intramolecular Hbond substituents is 2. The number of phenols is 2. The number of benzene rings is 1. The van der Waals surface area contributed by atoms with E-state index in [9.17, 15) is 19.8 Å². The third-order valence-electron chi connectivity index (χ3n) is 5.96. The number of fused-ring (bicyclic) bond motifs is 1. The maximum atomic E-state index is 12.9. The molecule has 4 N–H and O–H groups in total. The molecule has 0 heterocycles. The van der Waals surface area contributed by atoms with E-state index in [2.05, 4.69) is 24.5 Å². The lowest BCUT2D eigenvalue weighted by atomic mass is 9.90. The number of ketones is 2. The summed E-state index contributed by atoms with van der Waals surface area (Å²) in [5.74, 6) is -1.48. The third-order valence-corrected chi connectivity index (χ3v) is 5.96. The van der Waals surface area contributed by atoms with Crippen LogP contribution >= 0.6 is 0 Å². The molecule has 0 radical (unpaired) electrons. The summed E-state index contributed by atoms with van der Waals surface area (Å²) >= 11 is 0. The molecule has 6 nitrogen and oxygen atoms in total. The van der Waals surface area contributed by atoms with Gasteiger partial charge in [0.2, 0.25) is 5.78 Å². The number of Topliss-reactive ketones (excluding diaryl/α,β-unsaturated/α-hetero) is 1. The van der Waals surface area contributed by atoms with Crippen molar-refractivity contribution in [2.45, 2.75) is 90.9 Å². The van der Waals surface area contributed by atoms with Crippen molar-refractivity contribution in [3.63, 3.8) is 0 Å². The molecule has 0 aliphatic heterocycles. The largest absolute Gasteiger partial charge is 0.507 e. The smallest absolute Gasteiger partial charge is 0.213 e. The standard InChI is InChI=1S/C26H40N2O4/c1-3-5-7-9-11-13-15-27-19-17-21(29)24-23(25(19)31)22(30)18-20(26(24)32)28-16-14-12-10-8-6-4-2/h17-18,27-29,31H,3-16H2,1-2H3. The summed E-state index contributed by atoms with van der Waals surface area (Å²) in [6, 6.07) is 1.34. The highest BCUT2D eigenvalue weighted by Gasteiger charge is 2.32. The van der Waals surface area contributed by atoms with Crippen LogP contribution in [0.4, 0.5) is 5.69 Å². The van der Waals surface area contributed by atoms with Crippen molar-refractivity contribution in [1.82, 2.24) is 5.32 Å². The van der Waals surface area contributed by atoms with Crippen molar-refractivity contribution in [3.8, 4) is 11.5 Å². The lowest BCUT2D eigenvalue weighted by molar-refractivity contribution is 0.0973. The highest BCUT2D eigenvalue weighted by atomic mass is 16.3. The molecule has 0 amide bonds. The molecule has 0 saturated carbocycles. The van der Waals surface area contributed by atoms with Gasteiger partial charge in [-0.05, 0) is 12.8 Å². The van der Waals surface area contributed by atoms with Crippen molar-refractivity contribution < 1.29 is 19.8 Å². The highest BCUT2D eigenvalue weighted by Crippen LogP contribution is 2.40. The summed E-state index contributed by atoms with van der Waals surface area (Å²) < 4.78 is 0. The van der Waals surface area contributed by atoms with E-state index in [-0.39, 0.29) is 34.0 Å². The van der Waals surface area contributed by atoms with Gasteiger partial charge in [0.15, 0.2) is 11.5 Å². The zero-order valence-electron chi connectivity index (χ0n) is 19.8. The minimum atomic E-state index is -0.471. The van der Waals surface area contributed by atoms with Gasteiger partial charge in [0.05, 0.1) is 22.5 Å². The molecular formula is C26H40N2O4. The van der Waals surface area contributed by atoms with Gasteiger partial charge < -0.3 is 20.8 Å². The van der Waals surface area contributed by atoms with E-state index in [1.807, 2.05) is 0 Å². The summed E-state index contributed by atoms with van der Waals surface area (Å²) in [4.78, 5) is 25.5. The molecule has 1 aromatic rings. The van der Waals surface area contributed by atoms with Crippen LogP contribution in [0.2, 0.25) is 0 Å². The molecule has 6 heteroatoms. The molecule has 0 fully saturated rings. The maximum absolute atomic E-state index is 12.9. The molecule has 1 aromatic carbocycles. The Hall–Kier alpha value is -2.50. The lowest BCUT2D eigenvalue weighted by Crippen LogP contribution is -2.28. The second kappa shape index (κ2) is 13.8. The van der Waals surface area contributed by atoms with Crippen molar-refractivity contribution in [2.75, 3.05) is 18.4 Å². The van der Waals surface area contributed by atoms with Crippen LogP contribution in [0.5, 0.6) is 11.5 Å². The summed E-state index contributed by atoms with van der Waals surface area (Å²) in [6.07, 6.45) is 14.9. The Balaban J connectivity index is 1.95. The number of rotatable bonds is 16. The second-order valence-electron chi connectivity index (χ2n) is 8.68. The van der Waals surface area contributed by atoms with E-state index in [1.165, 1.54) is 57.1 Å². The molecule has 0 bridgehead atoms. The van der Waals surface area contributed by atoms with Crippen molar-refractivity contribution in [2.24, 2.45) is 0 Å². The topological polar surface area (TPSA) is 98.7 Å². The molecule has 0 aromatic heterocycles. The van der Waals surface area contributed by atoms with E-state index < -0.39 is 11.6 Å². The maximum Gasteiger partial charge on any atom is 0.213 e. The number of nitrogens with one attached hydrogen (secondary N) is 2. The Morgan fingerprint density at radius 3 is 1.84 bits per heavy atom. The zero-order chi connectivity index (χ0) is 23.3. The molecule has 2 rings (SSSR count). The normalized spacial score (nSPS) is 13.1. The summed E-state index contributed by atoms with van der Waals surface area (Å²) in [7, 11) is 0. The van der Waals surface area contributed by atoms with Crippen LogP contribution in [0.3, 0.4) is 0 Å². The molecule has 1 aliphatic rings. The number of anilines is 1. The number of carbonyl (C=O) groups is 2. The van der Waals surface area contributed by atoms with E-state index >= 15 is 0 Å². The minimum absolute atomic E-state index is 0.120. The van der Waals surface area contributed by atoms with E-state index in [4.69, 9.17) is 0 Å². The summed E-state index contributed by atoms with van der Waals surface area (Å²) in [5, 5.41) is 27.2. The average molecular weight is 445 g/mol. The highest BCUT2D eigenvalue weighted by molar-refractivity contribution is 6.27. The average Bonchev–Trinajstić information content (AvgIpc) is 2.77. The monoisotopic (exact) mass is 444 g/mol. The van der Waals surface area contributed by atoms with E-state index in [0.29, 0.717) is 13.1 Å². The van der Waals surface area contributed by atoms with Crippen molar-refractivity contribution in [3.05, 3.63) is 29.0 Å². The van der Waals surface area contributed by atoms with Crippen LogP contribution in [0, 0.1) is 0 Å². The van der Waals surface area contributed by atoms with Crippen molar-refractivity contribution in [1.29, 1.82) is 0 Å². The number of hydrogen-bond acceptors (Lipinski definition) is 6. The Kier molecular flexibility index (Phi) is 11.1. The minimum Gasteiger partial charge on any atom is -0.507 e. The Bertz CT molecular complexity index is 802. The molecule has 1 aliphatic carbocycles. The number of carbonyl (C=O) groups excluding carboxylic acids is 2. The first-order valence-corrected chi connectivity index (χ1v) is 12.4. The number of aromatic hydroxyl groups is 2. The van der Waals surface area contributed by atoms with Crippen molar-refractivity contribution >= 4 is 17.3 Å². The summed E-state index contributed by atoms with van der Waals surface area (Å²) in [5.41, 5.74) is 0.225. The van der Waals surface area contributed by atoms with Crippen LogP contribution in [0.25, 0.3) is 0 Å². The SMILES string of the molecule is CCCCCCCCNC1=CC(=O)c2c(O)c(NCCCCCCCC)cc(O)c2C1=O. The number of allylic oxidation sites excluding steroid dienone is 2. The molecule has 0 saturated heterocycles. The van der Waals surface area contributed by atoms with Gasteiger partial charge in [0.1, 0.15) is 5.75 Å². The fourth-order valence-corrected chi connectivity index (χ4v) is 4.05. The van der Waals surface area contributed by atoms with Crippen LogP contribution in [-0.4, -0.2) is 34.9 Å². The van der Waals surface area contributed by atoms with Gasteiger partial charge in [-0.25, -0.2) is 0 Å². The molecule has 0 unspecified atom stereocenters. The summed E-state index contributed by atoms with van der Waals surface area (Å²) in [6.45, 7) is 5.58. The molecule has 0 spiro atoms. The van der Waals surface area contributed by atoms with Gasteiger partial charge in [0.25, 0.3) is 0 Å². The third kappa shape index (κ3) is 7.28. The van der Waals surface area contributed by atoms with Crippen LogP contribution < -0.4 is 10.6 Å². The van der Waals surface area contributed by atoms with Crippen LogP contribution in [0.15, 0.2) is 17.8 Å². The Morgan fingerprint density at radius 2 is 1.25 bits per heavy atom. The first-order chi connectivity index (χ1) is 15.5. The fourth-order valence-electron chi connectivity index (χ4n) is 4.05. The lowest BCUT2D eigenvalue weighted by Gasteiger charge is -2.20. The number of hydrogen-bond donors (Lipinski definition) is 4. The van der Waals surface area contributed by atoms with Gasteiger partial charge in [0, 0.05) is 25.2 Å². The zero-order valence-corrected chi connectivity index (χ0v) is 19.8. The van der Waals surface area contributed by atoms with Crippen LogP contribution in [-0.2, 0) is 0 Å². The van der Waals surface area contributed by atoms with Gasteiger partial charge >= 0.3 is 0 Å². The Morgan fingerprint density at radius 1 is 0.719 bits per heavy atom. The van der Waals surface area contributed by atoms with E-state index in [0.717, 1.165) is 32.1 Å². The number of unbranched alkanes of at least 4 members (excludes halogenated alkanes) is 10. The molecule has 0 atom stereocenters. The van der Waals surface area contributed by atoms with Gasteiger partial charge in [-0.3, -0.25) is 9.59 Å². The Labute approximate surface area is 192 Å². The molecule has 178 valence electrons. The quantitative estimate of drug-likeness (QED) is 0.140. The van der Waals surface area contributed by atoms with Gasteiger partial charge in [-0.2, -0.15) is 0 Å². The predicted octanol–water partition coefficient (Wildman–Crippen LogP) is 6.08. The first-order valence-electron chi connectivity index (χ1n) is 12.4. The van der Waals surface area contributed by atoms with Gasteiger partial charge in [-0.15, -0.1) is 0 Å². The van der Waals surface area contributed by atoms with Gasteiger partial charge in [-0.1, -0.05) is 78.1 Å². The first kappa shape index (κ1) is 25.8. The predicted molar refractivity (Wildman–Crippen MR) is 130 cm³/mol. The van der Waals surface area contributed by atoms with Crippen LogP contribution in [0.1, 0.15) is 112 Å². The molecule has 32 heavy (non-hydrogen) atoms. The molecular weight excluding hydrogens is 404 g/mol. The fraction of sp³-hybridized carbons (Fsp3) is 0.615. The van der Waals surface area contributed by atoms with E-state index in [1.54, 1.807) is 0 Å².